The lowest BCUT2D eigenvalue weighted by Gasteiger charge is -2.14. The van der Waals surface area contributed by atoms with Crippen LogP contribution in [0.3, 0.4) is 0 Å². The SMILES string of the molecule is CC(C)n1cc(CN[C@H](Cc2ccccc2)C(=O)O)cn1. The van der Waals surface area contributed by atoms with Crippen LogP contribution in [-0.4, -0.2) is 26.9 Å². The summed E-state index contributed by atoms with van der Waals surface area (Å²) in [7, 11) is 0. The minimum absolute atomic E-state index is 0.304. The molecule has 0 unspecified atom stereocenters. The van der Waals surface area contributed by atoms with Crippen molar-refractivity contribution in [3.05, 3.63) is 53.9 Å². The van der Waals surface area contributed by atoms with Gasteiger partial charge >= 0.3 is 5.97 Å². The fourth-order valence-electron chi connectivity index (χ4n) is 2.09. The monoisotopic (exact) mass is 287 g/mol. The zero-order valence-electron chi connectivity index (χ0n) is 12.4. The Labute approximate surface area is 124 Å². The van der Waals surface area contributed by atoms with Gasteiger partial charge < -0.3 is 5.11 Å². The molecule has 0 spiro atoms. The van der Waals surface area contributed by atoms with Gasteiger partial charge in [0.15, 0.2) is 0 Å². The third-order valence-electron chi connectivity index (χ3n) is 3.32. The first kappa shape index (κ1) is 15.3. The summed E-state index contributed by atoms with van der Waals surface area (Å²) in [6, 6.07) is 9.34. The van der Waals surface area contributed by atoms with E-state index in [4.69, 9.17) is 0 Å². The Balaban J connectivity index is 1.95. The molecule has 2 rings (SSSR count). The topological polar surface area (TPSA) is 67.2 Å². The van der Waals surface area contributed by atoms with Crippen molar-refractivity contribution in [3.63, 3.8) is 0 Å². The van der Waals surface area contributed by atoms with Crippen molar-refractivity contribution in [3.8, 4) is 0 Å². The minimum atomic E-state index is -0.838. The maximum absolute atomic E-state index is 11.4. The summed E-state index contributed by atoms with van der Waals surface area (Å²) in [4.78, 5) is 11.4. The maximum atomic E-state index is 11.4. The Morgan fingerprint density at radius 1 is 1.29 bits per heavy atom. The van der Waals surface area contributed by atoms with Gasteiger partial charge in [0.05, 0.1) is 6.20 Å². The van der Waals surface area contributed by atoms with E-state index in [1.54, 1.807) is 6.20 Å². The van der Waals surface area contributed by atoms with Crippen LogP contribution < -0.4 is 5.32 Å². The summed E-state index contributed by atoms with van der Waals surface area (Å²) in [5.41, 5.74) is 2.00. The molecule has 112 valence electrons. The molecular formula is C16H21N3O2. The van der Waals surface area contributed by atoms with E-state index in [9.17, 15) is 9.90 Å². The number of nitrogens with one attached hydrogen (secondary N) is 1. The Bertz CT molecular complexity index is 578. The van der Waals surface area contributed by atoms with Crippen LogP contribution in [0.1, 0.15) is 31.0 Å². The number of carbonyl (C=O) groups is 1. The molecule has 0 aliphatic carbocycles. The Hall–Kier alpha value is -2.14. The van der Waals surface area contributed by atoms with Crippen molar-refractivity contribution in [2.24, 2.45) is 0 Å². The highest BCUT2D eigenvalue weighted by Gasteiger charge is 2.17. The third-order valence-corrected chi connectivity index (χ3v) is 3.32. The third kappa shape index (κ3) is 4.43. The fraction of sp³-hybridized carbons (Fsp3) is 0.375. The van der Waals surface area contributed by atoms with Crippen molar-refractivity contribution in [2.45, 2.75) is 38.9 Å². The largest absolute Gasteiger partial charge is 0.480 e. The molecule has 0 radical (unpaired) electrons. The fourth-order valence-corrected chi connectivity index (χ4v) is 2.09. The van der Waals surface area contributed by atoms with Crippen LogP contribution >= 0.6 is 0 Å². The van der Waals surface area contributed by atoms with E-state index in [1.165, 1.54) is 0 Å². The summed E-state index contributed by atoms with van der Waals surface area (Å²) in [6.45, 7) is 4.61. The molecule has 0 saturated heterocycles. The number of benzene rings is 1. The van der Waals surface area contributed by atoms with Gasteiger partial charge in [0, 0.05) is 24.3 Å². The van der Waals surface area contributed by atoms with Crippen LogP contribution in [0.4, 0.5) is 0 Å². The molecule has 1 aromatic heterocycles. The van der Waals surface area contributed by atoms with Crippen molar-refractivity contribution in [1.29, 1.82) is 0 Å². The molecule has 0 fully saturated rings. The van der Waals surface area contributed by atoms with Gasteiger partial charge in [-0.15, -0.1) is 0 Å². The number of aromatic nitrogens is 2. The molecule has 0 saturated carbocycles. The lowest BCUT2D eigenvalue weighted by Crippen LogP contribution is -2.38. The van der Waals surface area contributed by atoms with Gasteiger partial charge in [-0.05, 0) is 25.8 Å². The smallest absolute Gasteiger partial charge is 0.321 e. The number of carboxylic acids is 1. The zero-order valence-corrected chi connectivity index (χ0v) is 12.4. The van der Waals surface area contributed by atoms with E-state index in [0.29, 0.717) is 19.0 Å². The summed E-state index contributed by atoms with van der Waals surface area (Å²) < 4.78 is 1.87. The van der Waals surface area contributed by atoms with Crippen LogP contribution in [0.25, 0.3) is 0 Å². The molecule has 5 nitrogen and oxygen atoms in total. The molecule has 0 bridgehead atoms. The molecule has 5 heteroatoms. The normalized spacial score (nSPS) is 12.5. The summed E-state index contributed by atoms with van der Waals surface area (Å²) >= 11 is 0. The molecule has 1 atom stereocenters. The zero-order chi connectivity index (χ0) is 15.2. The van der Waals surface area contributed by atoms with Gasteiger partial charge in [-0.2, -0.15) is 5.10 Å². The first-order valence-corrected chi connectivity index (χ1v) is 7.09. The van der Waals surface area contributed by atoms with Crippen LogP contribution in [0.15, 0.2) is 42.7 Å². The van der Waals surface area contributed by atoms with Gasteiger partial charge in [-0.1, -0.05) is 30.3 Å². The molecule has 2 aromatic rings. The Morgan fingerprint density at radius 2 is 2.00 bits per heavy atom. The maximum Gasteiger partial charge on any atom is 0.321 e. The van der Waals surface area contributed by atoms with Gasteiger partial charge in [0.1, 0.15) is 6.04 Å². The van der Waals surface area contributed by atoms with E-state index < -0.39 is 12.0 Å². The van der Waals surface area contributed by atoms with E-state index in [2.05, 4.69) is 24.3 Å². The van der Waals surface area contributed by atoms with Crippen LogP contribution in [0.2, 0.25) is 0 Å². The molecule has 1 heterocycles. The van der Waals surface area contributed by atoms with Crippen molar-refractivity contribution < 1.29 is 9.90 Å². The number of carboxylic acid groups (broad SMARTS) is 1. The minimum Gasteiger partial charge on any atom is -0.480 e. The lowest BCUT2D eigenvalue weighted by atomic mass is 10.1. The van der Waals surface area contributed by atoms with Crippen LogP contribution in [0, 0.1) is 0 Å². The van der Waals surface area contributed by atoms with Crippen molar-refractivity contribution in [2.75, 3.05) is 0 Å². The highest BCUT2D eigenvalue weighted by Crippen LogP contribution is 2.07. The predicted molar refractivity (Wildman–Crippen MR) is 81.0 cm³/mol. The first-order chi connectivity index (χ1) is 10.1. The van der Waals surface area contributed by atoms with Crippen molar-refractivity contribution in [1.82, 2.24) is 15.1 Å². The molecule has 1 aromatic carbocycles. The highest BCUT2D eigenvalue weighted by atomic mass is 16.4. The van der Waals surface area contributed by atoms with Crippen LogP contribution in [0.5, 0.6) is 0 Å². The molecule has 0 amide bonds. The highest BCUT2D eigenvalue weighted by molar-refractivity contribution is 5.73. The second-order valence-corrected chi connectivity index (χ2v) is 5.38. The first-order valence-electron chi connectivity index (χ1n) is 7.09. The molecule has 0 aliphatic rings. The van der Waals surface area contributed by atoms with Gasteiger partial charge in [-0.25, -0.2) is 0 Å². The second-order valence-electron chi connectivity index (χ2n) is 5.38. The number of aliphatic carboxylic acids is 1. The summed E-state index contributed by atoms with van der Waals surface area (Å²) in [5, 5.41) is 16.7. The van der Waals surface area contributed by atoms with Crippen LogP contribution in [-0.2, 0) is 17.8 Å². The summed E-state index contributed by atoms with van der Waals surface area (Å²) in [6.07, 6.45) is 4.18. The number of hydrogen-bond acceptors (Lipinski definition) is 3. The Morgan fingerprint density at radius 3 is 2.57 bits per heavy atom. The lowest BCUT2D eigenvalue weighted by molar-refractivity contribution is -0.139. The molecule has 21 heavy (non-hydrogen) atoms. The molecule has 2 N–H and O–H groups in total. The second kappa shape index (κ2) is 7.04. The van der Waals surface area contributed by atoms with E-state index in [-0.39, 0.29) is 0 Å². The van der Waals surface area contributed by atoms with E-state index >= 15 is 0 Å². The van der Waals surface area contributed by atoms with E-state index in [1.807, 2.05) is 41.2 Å². The Kier molecular flexibility index (Phi) is 5.11. The van der Waals surface area contributed by atoms with Gasteiger partial charge in [-0.3, -0.25) is 14.8 Å². The average molecular weight is 287 g/mol. The number of hydrogen-bond donors (Lipinski definition) is 2. The molecular weight excluding hydrogens is 266 g/mol. The van der Waals surface area contributed by atoms with Gasteiger partial charge in [0.25, 0.3) is 0 Å². The standard InChI is InChI=1S/C16H21N3O2/c1-12(2)19-11-14(10-18-19)9-17-15(16(20)21)8-13-6-4-3-5-7-13/h3-7,10-12,15,17H,8-9H2,1-2H3,(H,20,21)/t15-/m1/s1. The number of nitrogens with zero attached hydrogens (tertiary/aromatic N) is 2. The van der Waals surface area contributed by atoms with Gasteiger partial charge in [0.2, 0.25) is 0 Å². The predicted octanol–water partition coefficient (Wildman–Crippen LogP) is 2.25. The van der Waals surface area contributed by atoms with E-state index in [0.717, 1.165) is 11.1 Å². The summed E-state index contributed by atoms with van der Waals surface area (Å²) in [5.74, 6) is -0.838. The van der Waals surface area contributed by atoms with Crippen molar-refractivity contribution >= 4 is 5.97 Å². The average Bonchev–Trinajstić information content (AvgIpc) is 2.93. The molecule has 0 aliphatic heterocycles. The quantitative estimate of drug-likeness (QED) is 0.819. The number of rotatable bonds is 7.